The Hall–Kier alpha value is -0.530. The van der Waals surface area contributed by atoms with Crippen molar-refractivity contribution in [1.29, 1.82) is 0 Å². The van der Waals surface area contributed by atoms with Gasteiger partial charge in [-0.1, -0.05) is 27.7 Å². The highest BCUT2D eigenvalue weighted by molar-refractivity contribution is 5.73. The molecule has 2 nitrogen and oxygen atoms in total. The molecule has 0 N–H and O–H groups in total. The van der Waals surface area contributed by atoms with E-state index in [1.807, 2.05) is 6.92 Å². The van der Waals surface area contributed by atoms with Crippen LogP contribution >= 0.6 is 0 Å². The van der Waals surface area contributed by atoms with Crippen LogP contribution in [0, 0.1) is 17.8 Å². The molecule has 0 aromatic heterocycles. The molecule has 1 fully saturated rings. The van der Waals surface area contributed by atoms with Crippen molar-refractivity contribution < 1.29 is 9.53 Å². The second-order valence-electron chi connectivity index (χ2n) is 4.26. The average molecular weight is 170 g/mol. The van der Waals surface area contributed by atoms with Crippen molar-refractivity contribution in [2.75, 3.05) is 0 Å². The highest BCUT2D eigenvalue weighted by Gasteiger charge is 2.34. The first-order valence-electron chi connectivity index (χ1n) is 4.73. The van der Waals surface area contributed by atoms with Gasteiger partial charge < -0.3 is 4.74 Å². The van der Waals surface area contributed by atoms with Gasteiger partial charge in [0.25, 0.3) is 0 Å². The van der Waals surface area contributed by atoms with E-state index >= 15 is 0 Å². The van der Waals surface area contributed by atoms with E-state index in [0.717, 1.165) is 6.42 Å². The molecule has 0 aromatic carbocycles. The van der Waals surface area contributed by atoms with E-state index in [1.165, 1.54) is 0 Å². The number of hydrogen-bond acceptors (Lipinski definition) is 2. The zero-order valence-electron chi connectivity index (χ0n) is 8.33. The van der Waals surface area contributed by atoms with Gasteiger partial charge >= 0.3 is 5.97 Å². The molecule has 12 heavy (non-hydrogen) atoms. The zero-order valence-corrected chi connectivity index (χ0v) is 8.33. The van der Waals surface area contributed by atoms with Gasteiger partial charge in [-0.05, 0) is 18.3 Å². The summed E-state index contributed by atoms with van der Waals surface area (Å²) in [5.74, 6) is 1.02. The average Bonchev–Trinajstić information content (AvgIpc) is 1.96. The van der Waals surface area contributed by atoms with Gasteiger partial charge in [-0.15, -0.1) is 0 Å². The molecule has 0 aliphatic carbocycles. The molecule has 0 unspecified atom stereocenters. The van der Waals surface area contributed by atoms with Crippen LogP contribution in [-0.4, -0.2) is 12.1 Å². The Bertz CT molecular complexity index is 175. The van der Waals surface area contributed by atoms with Gasteiger partial charge in [0.15, 0.2) is 0 Å². The molecular weight excluding hydrogens is 152 g/mol. The van der Waals surface area contributed by atoms with Crippen LogP contribution in [0.5, 0.6) is 0 Å². The fourth-order valence-electron chi connectivity index (χ4n) is 1.95. The third kappa shape index (κ3) is 1.79. The SMILES string of the molecule is CC(C)[C@H]1OC(=O)[C@H](C)C[C@H]1C. The van der Waals surface area contributed by atoms with Crippen LogP contribution in [0.2, 0.25) is 0 Å². The molecule has 1 saturated heterocycles. The summed E-state index contributed by atoms with van der Waals surface area (Å²) in [6, 6.07) is 0. The number of carbonyl (C=O) groups excluding carboxylic acids is 1. The molecule has 1 aliphatic heterocycles. The summed E-state index contributed by atoms with van der Waals surface area (Å²) in [6.45, 7) is 8.30. The number of rotatable bonds is 1. The Labute approximate surface area is 74.3 Å². The Morgan fingerprint density at radius 2 is 2.00 bits per heavy atom. The van der Waals surface area contributed by atoms with E-state index < -0.39 is 0 Å². The molecule has 0 spiro atoms. The topological polar surface area (TPSA) is 26.3 Å². The Morgan fingerprint density at radius 3 is 2.50 bits per heavy atom. The zero-order chi connectivity index (χ0) is 9.30. The molecule has 0 saturated carbocycles. The quantitative estimate of drug-likeness (QED) is 0.564. The van der Waals surface area contributed by atoms with Crippen molar-refractivity contribution >= 4 is 5.97 Å². The molecular formula is C10H18O2. The number of ether oxygens (including phenoxy) is 1. The monoisotopic (exact) mass is 170 g/mol. The summed E-state index contributed by atoms with van der Waals surface area (Å²) in [6.07, 6.45) is 1.11. The number of hydrogen-bond donors (Lipinski definition) is 0. The molecule has 0 aromatic rings. The lowest BCUT2D eigenvalue weighted by Crippen LogP contribution is -2.38. The lowest BCUT2D eigenvalue weighted by atomic mass is 9.85. The fourth-order valence-corrected chi connectivity index (χ4v) is 1.95. The minimum absolute atomic E-state index is 0.0215. The largest absolute Gasteiger partial charge is 0.462 e. The Morgan fingerprint density at radius 1 is 1.42 bits per heavy atom. The van der Waals surface area contributed by atoms with E-state index in [4.69, 9.17) is 4.74 Å². The summed E-state index contributed by atoms with van der Waals surface area (Å²) in [7, 11) is 0. The second-order valence-corrected chi connectivity index (χ2v) is 4.26. The van der Waals surface area contributed by atoms with E-state index in [2.05, 4.69) is 20.8 Å². The lowest BCUT2D eigenvalue weighted by Gasteiger charge is -2.34. The summed E-state index contributed by atoms with van der Waals surface area (Å²) in [5, 5.41) is 0. The third-order valence-electron chi connectivity index (χ3n) is 2.60. The lowest BCUT2D eigenvalue weighted by molar-refractivity contribution is -0.167. The molecule has 0 amide bonds. The minimum atomic E-state index is -0.0215. The summed E-state index contributed by atoms with van der Waals surface area (Å²) in [4.78, 5) is 11.2. The molecule has 2 heteroatoms. The van der Waals surface area contributed by atoms with Gasteiger partial charge in [0, 0.05) is 0 Å². The first-order chi connectivity index (χ1) is 5.52. The van der Waals surface area contributed by atoms with E-state index in [1.54, 1.807) is 0 Å². The summed E-state index contributed by atoms with van der Waals surface area (Å²) >= 11 is 0. The Kier molecular flexibility index (Phi) is 2.76. The highest BCUT2D eigenvalue weighted by atomic mass is 16.5. The first kappa shape index (κ1) is 9.56. The van der Waals surface area contributed by atoms with Crippen molar-refractivity contribution in [3.8, 4) is 0 Å². The molecule has 1 heterocycles. The van der Waals surface area contributed by atoms with Crippen LogP contribution in [0.15, 0.2) is 0 Å². The summed E-state index contributed by atoms with van der Waals surface area (Å²) < 4.78 is 5.33. The molecule has 3 atom stereocenters. The molecule has 70 valence electrons. The van der Waals surface area contributed by atoms with E-state index in [-0.39, 0.29) is 18.0 Å². The number of cyclic esters (lactones) is 1. The van der Waals surface area contributed by atoms with Crippen molar-refractivity contribution in [2.24, 2.45) is 17.8 Å². The van der Waals surface area contributed by atoms with Crippen LogP contribution in [0.4, 0.5) is 0 Å². The highest BCUT2D eigenvalue weighted by Crippen LogP contribution is 2.29. The van der Waals surface area contributed by atoms with E-state index in [0.29, 0.717) is 11.8 Å². The van der Waals surface area contributed by atoms with Crippen LogP contribution in [0.25, 0.3) is 0 Å². The molecule has 0 bridgehead atoms. The van der Waals surface area contributed by atoms with Crippen molar-refractivity contribution in [3.63, 3.8) is 0 Å². The second kappa shape index (κ2) is 3.46. The molecule has 1 aliphatic rings. The predicted molar refractivity (Wildman–Crippen MR) is 47.7 cm³/mol. The number of carbonyl (C=O) groups is 1. The van der Waals surface area contributed by atoms with Gasteiger partial charge in [-0.2, -0.15) is 0 Å². The van der Waals surface area contributed by atoms with Gasteiger partial charge in [-0.3, -0.25) is 4.79 Å². The van der Waals surface area contributed by atoms with Crippen LogP contribution < -0.4 is 0 Å². The van der Waals surface area contributed by atoms with Crippen molar-refractivity contribution in [1.82, 2.24) is 0 Å². The van der Waals surface area contributed by atoms with Gasteiger partial charge in [0.05, 0.1) is 5.92 Å². The van der Waals surface area contributed by atoms with Gasteiger partial charge in [-0.25, -0.2) is 0 Å². The third-order valence-corrected chi connectivity index (χ3v) is 2.60. The van der Waals surface area contributed by atoms with Crippen LogP contribution in [-0.2, 0) is 9.53 Å². The fraction of sp³-hybridized carbons (Fsp3) is 0.900. The normalized spacial score (nSPS) is 36.8. The maximum absolute atomic E-state index is 11.2. The Balaban J connectivity index is 2.61. The van der Waals surface area contributed by atoms with Gasteiger partial charge in [0.1, 0.15) is 6.10 Å². The number of esters is 1. The van der Waals surface area contributed by atoms with Crippen LogP contribution in [0.3, 0.4) is 0 Å². The standard InChI is InChI=1S/C10H18O2/c1-6(2)9-7(3)5-8(4)10(11)12-9/h6-9H,5H2,1-4H3/t7-,8-,9-/m1/s1. The molecule has 1 rings (SSSR count). The van der Waals surface area contributed by atoms with Crippen molar-refractivity contribution in [2.45, 2.75) is 40.2 Å². The maximum atomic E-state index is 11.2. The predicted octanol–water partition coefficient (Wildman–Crippen LogP) is 2.23. The smallest absolute Gasteiger partial charge is 0.308 e. The first-order valence-corrected chi connectivity index (χ1v) is 4.73. The maximum Gasteiger partial charge on any atom is 0.308 e. The molecule has 0 radical (unpaired) electrons. The van der Waals surface area contributed by atoms with E-state index in [9.17, 15) is 4.79 Å². The van der Waals surface area contributed by atoms with Crippen LogP contribution in [0.1, 0.15) is 34.1 Å². The van der Waals surface area contributed by atoms with Crippen molar-refractivity contribution in [3.05, 3.63) is 0 Å². The summed E-state index contributed by atoms with van der Waals surface area (Å²) in [5.41, 5.74) is 0. The van der Waals surface area contributed by atoms with Gasteiger partial charge in [0.2, 0.25) is 0 Å². The minimum Gasteiger partial charge on any atom is -0.462 e.